The molecule has 0 bridgehead atoms. The summed E-state index contributed by atoms with van der Waals surface area (Å²) >= 11 is 0. The Hall–Kier alpha value is -3.07. The molecular formula is C18H21N7O2. The maximum absolute atomic E-state index is 11.9. The first-order chi connectivity index (χ1) is 13.1. The van der Waals surface area contributed by atoms with E-state index in [2.05, 4.69) is 32.5 Å². The molecule has 1 aliphatic rings. The topological polar surface area (TPSA) is 125 Å². The van der Waals surface area contributed by atoms with Gasteiger partial charge in [-0.2, -0.15) is 5.10 Å². The first kappa shape index (κ1) is 17.3. The van der Waals surface area contributed by atoms with E-state index in [9.17, 15) is 4.79 Å². The molecule has 0 radical (unpaired) electrons. The molecule has 9 nitrogen and oxygen atoms in total. The van der Waals surface area contributed by atoms with Crippen molar-refractivity contribution >= 4 is 5.91 Å². The molecule has 4 heterocycles. The van der Waals surface area contributed by atoms with E-state index >= 15 is 0 Å². The van der Waals surface area contributed by atoms with Gasteiger partial charge in [-0.05, 0) is 38.8 Å². The maximum atomic E-state index is 11.9. The molecule has 1 aliphatic heterocycles. The van der Waals surface area contributed by atoms with Crippen molar-refractivity contribution < 1.29 is 9.32 Å². The van der Waals surface area contributed by atoms with Gasteiger partial charge in [0.2, 0.25) is 0 Å². The fourth-order valence-electron chi connectivity index (χ4n) is 3.55. The molecule has 0 aromatic carbocycles. The van der Waals surface area contributed by atoms with Crippen molar-refractivity contribution in [3.8, 4) is 22.6 Å². The number of hydrogen-bond acceptors (Lipinski definition) is 7. The number of nitrogens with one attached hydrogen (secondary N) is 1. The molecule has 1 unspecified atom stereocenters. The molecule has 3 N–H and O–H groups in total. The van der Waals surface area contributed by atoms with Crippen LogP contribution in [-0.2, 0) is 0 Å². The largest absolute Gasteiger partial charge is 0.364 e. The summed E-state index contributed by atoms with van der Waals surface area (Å²) < 4.78 is 7.32. The minimum absolute atomic E-state index is 0.0599. The van der Waals surface area contributed by atoms with Crippen molar-refractivity contribution in [1.82, 2.24) is 30.2 Å². The molecule has 0 saturated carbocycles. The van der Waals surface area contributed by atoms with Gasteiger partial charge in [0.05, 0.1) is 24.0 Å². The zero-order valence-corrected chi connectivity index (χ0v) is 15.0. The van der Waals surface area contributed by atoms with Gasteiger partial charge in [-0.1, -0.05) is 5.16 Å². The van der Waals surface area contributed by atoms with Crippen LogP contribution < -0.4 is 11.1 Å². The molecule has 0 aliphatic carbocycles. The van der Waals surface area contributed by atoms with Crippen LogP contribution in [-0.4, -0.2) is 43.9 Å². The molecule has 9 heteroatoms. The number of carbonyl (C=O) groups is 1. The summed E-state index contributed by atoms with van der Waals surface area (Å²) in [5.41, 5.74) is 7.24. The van der Waals surface area contributed by atoms with Crippen molar-refractivity contribution in [1.29, 1.82) is 0 Å². The van der Waals surface area contributed by atoms with Crippen LogP contribution in [0.5, 0.6) is 0 Å². The highest BCUT2D eigenvalue weighted by Gasteiger charge is 2.27. The Labute approximate surface area is 156 Å². The van der Waals surface area contributed by atoms with Gasteiger partial charge < -0.3 is 15.6 Å². The molecule has 3 aromatic rings. The third-order valence-corrected chi connectivity index (χ3v) is 5.09. The number of nitrogens with two attached hydrogens (primary N) is 1. The Bertz CT molecular complexity index is 928. The minimum Gasteiger partial charge on any atom is -0.364 e. The summed E-state index contributed by atoms with van der Waals surface area (Å²) in [4.78, 5) is 20.1. The molecule has 3 aromatic heterocycles. The molecule has 140 valence electrons. The van der Waals surface area contributed by atoms with Gasteiger partial charge in [-0.3, -0.25) is 14.5 Å². The zero-order valence-electron chi connectivity index (χ0n) is 15.0. The van der Waals surface area contributed by atoms with Crippen LogP contribution in [0, 0.1) is 5.92 Å². The van der Waals surface area contributed by atoms with Crippen molar-refractivity contribution in [3.05, 3.63) is 36.7 Å². The van der Waals surface area contributed by atoms with Crippen LogP contribution in [0.3, 0.4) is 0 Å². The van der Waals surface area contributed by atoms with E-state index in [-0.39, 0.29) is 11.7 Å². The zero-order chi connectivity index (χ0) is 18.8. The third kappa shape index (κ3) is 3.33. The number of aromatic nitrogens is 5. The Morgan fingerprint density at radius 2 is 2.15 bits per heavy atom. The number of carbonyl (C=O) groups excluding carboxylic acids is 1. The van der Waals surface area contributed by atoms with E-state index in [1.807, 2.05) is 10.9 Å². The Morgan fingerprint density at radius 1 is 1.33 bits per heavy atom. The van der Waals surface area contributed by atoms with Gasteiger partial charge in [0.1, 0.15) is 5.69 Å². The van der Waals surface area contributed by atoms with Crippen molar-refractivity contribution in [3.63, 3.8) is 0 Å². The number of nitrogens with zero attached hydrogens (tertiary/aromatic N) is 5. The first-order valence-electron chi connectivity index (χ1n) is 8.96. The van der Waals surface area contributed by atoms with Crippen LogP contribution in [0.4, 0.5) is 0 Å². The Balaban J connectivity index is 1.72. The van der Waals surface area contributed by atoms with Gasteiger partial charge in [0, 0.05) is 24.2 Å². The average molecular weight is 367 g/mol. The number of amides is 1. The quantitative estimate of drug-likeness (QED) is 0.702. The molecule has 0 spiro atoms. The second-order valence-electron chi connectivity index (χ2n) is 6.73. The number of primary amides is 1. The smallest absolute Gasteiger partial charge is 0.271 e. The molecule has 1 saturated heterocycles. The van der Waals surface area contributed by atoms with Crippen molar-refractivity contribution in [2.24, 2.45) is 11.7 Å². The van der Waals surface area contributed by atoms with Gasteiger partial charge >= 0.3 is 0 Å². The van der Waals surface area contributed by atoms with Gasteiger partial charge in [0.25, 0.3) is 5.91 Å². The molecular weight excluding hydrogens is 346 g/mol. The Kier molecular flexibility index (Phi) is 4.68. The summed E-state index contributed by atoms with van der Waals surface area (Å²) in [6.45, 7) is 4.22. The lowest BCUT2D eigenvalue weighted by atomic mass is 9.91. The first-order valence-corrected chi connectivity index (χ1v) is 8.96. The lowest BCUT2D eigenvalue weighted by Gasteiger charge is -2.28. The van der Waals surface area contributed by atoms with Crippen molar-refractivity contribution in [2.45, 2.75) is 25.8 Å². The standard InChI is InChI=1S/C18H21N7O2/c1-11(12-2-4-20-5-3-12)25-10-13(8-23-25)15-16(18(19)26)24-27-17(15)14-9-21-6-7-22-14/h6-12,20H,2-5H2,1H3,(H2,19,26). The van der Waals surface area contributed by atoms with E-state index in [4.69, 9.17) is 10.3 Å². The molecule has 27 heavy (non-hydrogen) atoms. The highest BCUT2D eigenvalue weighted by Crippen LogP contribution is 2.35. The summed E-state index contributed by atoms with van der Waals surface area (Å²) in [6.07, 6.45) is 10.5. The third-order valence-electron chi connectivity index (χ3n) is 5.09. The van der Waals surface area contributed by atoms with Crippen LogP contribution in [0.1, 0.15) is 36.3 Å². The van der Waals surface area contributed by atoms with Gasteiger partial charge in [0.15, 0.2) is 11.5 Å². The van der Waals surface area contributed by atoms with Crippen LogP contribution in [0.15, 0.2) is 35.5 Å². The summed E-state index contributed by atoms with van der Waals surface area (Å²) in [6, 6.07) is 0.248. The Morgan fingerprint density at radius 3 is 2.85 bits per heavy atom. The molecule has 1 atom stereocenters. The van der Waals surface area contributed by atoms with Crippen molar-refractivity contribution in [2.75, 3.05) is 13.1 Å². The van der Waals surface area contributed by atoms with Crippen LogP contribution in [0.25, 0.3) is 22.6 Å². The van der Waals surface area contributed by atoms with E-state index in [1.54, 1.807) is 24.8 Å². The van der Waals surface area contributed by atoms with Crippen LogP contribution >= 0.6 is 0 Å². The SMILES string of the molecule is CC(C1CCNCC1)n1cc(-c2c(C(N)=O)noc2-c2cnccn2)cn1. The fraction of sp³-hybridized carbons (Fsp3) is 0.389. The van der Waals surface area contributed by atoms with E-state index in [0.717, 1.165) is 25.9 Å². The number of rotatable bonds is 5. The summed E-state index contributed by atoms with van der Waals surface area (Å²) in [5.74, 6) is 0.241. The highest BCUT2D eigenvalue weighted by molar-refractivity contribution is 6.00. The number of hydrogen-bond donors (Lipinski definition) is 2. The fourth-order valence-corrected chi connectivity index (χ4v) is 3.55. The minimum atomic E-state index is -0.664. The van der Waals surface area contributed by atoms with Gasteiger partial charge in [-0.25, -0.2) is 4.98 Å². The average Bonchev–Trinajstić information content (AvgIpc) is 3.36. The predicted octanol–water partition coefficient (Wildman–Crippen LogP) is 1.65. The van der Waals surface area contributed by atoms with E-state index < -0.39 is 5.91 Å². The molecule has 1 amide bonds. The van der Waals surface area contributed by atoms with E-state index in [1.165, 1.54) is 0 Å². The lowest BCUT2D eigenvalue weighted by Crippen LogP contribution is -2.31. The summed E-state index contributed by atoms with van der Waals surface area (Å²) in [5, 5.41) is 11.8. The maximum Gasteiger partial charge on any atom is 0.271 e. The van der Waals surface area contributed by atoms with Crippen LogP contribution in [0.2, 0.25) is 0 Å². The molecule has 4 rings (SSSR count). The van der Waals surface area contributed by atoms with E-state index in [0.29, 0.717) is 28.5 Å². The second kappa shape index (κ2) is 7.28. The van der Waals surface area contributed by atoms with Gasteiger partial charge in [-0.15, -0.1) is 0 Å². The lowest BCUT2D eigenvalue weighted by molar-refractivity contribution is 0.0992. The predicted molar refractivity (Wildman–Crippen MR) is 97.6 cm³/mol. The second-order valence-corrected chi connectivity index (χ2v) is 6.73. The summed E-state index contributed by atoms with van der Waals surface area (Å²) in [7, 11) is 0. The monoisotopic (exact) mass is 367 g/mol. The number of piperidine rings is 1. The normalized spacial score (nSPS) is 16.3. The molecule has 1 fully saturated rings. The highest BCUT2D eigenvalue weighted by atomic mass is 16.5.